The molecule has 0 aliphatic rings. The van der Waals surface area contributed by atoms with Gasteiger partial charge in [0.05, 0.1) is 12.5 Å². The standard InChI is InChI=1S/C23H18O4/c1-25-21-12-11-17(13-23(21)26-15-16-7-3-2-4-8-16)22-14-19(24)18-9-5-6-10-20(18)27-22/h2-14H,15H2,1H3. The molecule has 4 nitrogen and oxygen atoms in total. The second-order valence-corrected chi connectivity index (χ2v) is 6.11. The summed E-state index contributed by atoms with van der Waals surface area (Å²) in [6.45, 7) is 0.419. The van der Waals surface area contributed by atoms with E-state index in [0.717, 1.165) is 11.1 Å². The molecule has 134 valence electrons. The molecule has 0 N–H and O–H groups in total. The molecule has 0 amide bonds. The van der Waals surface area contributed by atoms with Crippen LogP contribution in [0, 0.1) is 0 Å². The van der Waals surface area contributed by atoms with Crippen molar-refractivity contribution in [3.63, 3.8) is 0 Å². The Morgan fingerprint density at radius 2 is 1.63 bits per heavy atom. The van der Waals surface area contributed by atoms with Gasteiger partial charge >= 0.3 is 0 Å². The first-order valence-corrected chi connectivity index (χ1v) is 8.62. The zero-order valence-corrected chi connectivity index (χ0v) is 14.8. The van der Waals surface area contributed by atoms with E-state index in [-0.39, 0.29) is 5.43 Å². The zero-order chi connectivity index (χ0) is 18.6. The van der Waals surface area contributed by atoms with Crippen LogP contribution in [0.5, 0.6) is 11.5 Å². The van der Waals surface area contributed by atoms with Crippen molar-refractivity contribution in [2.75, 3.05) is 7.11 Å². The number of benzene rings is 3. The van der Waals surface area contributed by atoms with Gasteiger partial charge in [-0.2, -0.15) is 0 Å². The van der Waals surface area contributed by atoms with Crippen molar-refractivity contribution in [3.05, 3.63) is 94.6 Å². The molecular formula is C23H18O4. The van der Waals surface area contributed by atoms with Gasteiger partial charge in [0.2, 0.25) is 0 Å². The lowest BCUT2D eigenvalue weighted by molar-refractivity contribution is 0.284. The van der Waals surface area contributed by atoms with Crippen LogP contribution in [0.15, 0.2) is 88.1 Å². The molecule has 3 aromatic carbocycles. The number of rotatable bonds is 5. The van der Waals surface area contributed by atoms with E-state index in [1.54, 1.807) is 19.2 Å². The molecule has 0 unspecified atom stereocenters. The molecule has 4 heteroatoms. The van der Waals surface area contributed by atoms with E-state index in [1.165, 1.54) is 6.07 Å². The highest BCUT2D eigenvalue weighted by atomic mass is 16.5. The van der Waals surface area contributed by atoms with E-state index in [0.29, 0.717) is 34.8 Å². The van der Waals surface area contributed by atoms with Crippen molar-refractivity contribution in [1.82, 2.24) is 0 Å². The number of fused-ring (bicyclic) bond motifs is 1. The molecule has 0 aliphatic heterocycles. The van der Waals surface area contributed by atoms with E-state index in [9.17, 15) is 4.79 Å². The summed E-state index contributed by atoms with van der Waals surface area (Å²) in [5.74, 6) is 1.71. The lowest BCUT2D eigenvalue weighted by atomic mass is 10.1. The molecule has 0 atom stereocenters. The van der Waals surface area contributed by atoms with Gasteiger partial charge in [-0.15, -0.1) is 0 Å². The summed E-state index contributed by atoms with van der Waals surface area (Å²) in [7, 11) is 1.60. The molecule has 0 bridgehead atoms. The fourth-order valence-electron chi connectivity index (χ4n) is 2.92. The monoisotopic (exact) mass is 358 g/mol. The topological polar surface area (TPSA) is 48.7 Å². The van der Waals surface area contributed by atoms with Gasteiger partial charge in [-0.05, 0) is 35.9 Å². The zero-order valence-electron chi connectivity index (χ0n) is 14.8. The van der Waals surface area contributed by atoms with Crippen molar-refractivity contribution >= 4 is 11.0 Å². The fraction of sp³-hybridized carbons (Fsp3) is 0.0870. The van der Waals surface area contributed by atoms with E-state index in [1.807, 2.05) is 60.7 Å². The minimum atomic E-state index is -0.0746. The third-order valence-corrected chi connectivity index (χ3v) is 4.32. The summed E-state index contributed by atoms with van der Waals surface area (Å²) in [6, 6.07) is 24.1. The normalized spacial score (nSPS) is 10.7. The highest BCUT2D eigenvalue weighted by Crippen LogP contribution is 2.33. The molecule has 0 saturated carbocycles. The lowest BCUT2D eigenvalue weighted by Crippen LogP contribution is -2.01. The smallest absolute Gasteiger partial charge is 0.193 e. The Balaban J connectivity index is 1.70. The van der Waals surface area contributed by atoms with Crippen LogP contribution in [0.4, 0.5) is 0 Å². The minimum Gasteiger partial charge on any atom is -0.493 e. The molecule has 4 aromatic rings. The summed E-state index contributed by atoms with van der Waals surface area (Å²) >= 11 is 0. The van der Waals surface area contributed by atoms with Crippen LogP contribution < -0.4 is 14.9 Å². The van der Waals surface area contributed by atoms with Crippen LogP contribution >= 0.6 is 0 Å². The Morgan fingerprint density at radius 3 is 2.44 bits per heavy atom. The Morgan fingerprint density at radius 1 is 0.852 bits per heavy atom. The first-order chi connectivity index (χ1) is 13.2. The van der Waals surface area contributed by atoms with Gasteiger partial charge in [0.25, 0.3) is 0 Å². The number of hydrogen-bond donors (Lipinski definition) is 0. The highest BCUT2D eigenvalue weighted by molar-refractivity contribution is 5.78. The van der Waals surface area contributed by atoms with Crippen LogP contribution in [0.3, 0.4) is 0 Å². The Hall–Kier alpha value is -3.53. The molecule has 4 rings (SSSR count). The van der Waals surface area contributed by atoms with Gasteiger partial charge in [-0.3, -0.25) is 4.79 Å². The van der Waals surface area contributed by atoms with Crippen LogP contribution in [-0.2, 0) is 6.61 Å². The lowest BCUT2D eigenvalue weighted by Gasteiger charge is -2.12. The van der Waals surface area contributed by atoms with Gasteiger partial charge in [0.15, 0.2) is 16.9 Å². The summed E-state index contributed by atoms with van der Waals surface area (Å²) in [5, 5.41) is 0.565. The maximum absolute atomic E-state index is 12.4. The van der Waals surface area contributed by atoms with Gasteiger partial charge in [0.1, 0.15) is 18.0 Å². The van der Waals surface area contributed by atoms with Gasteiger partial charge in [-0.1, -0.05) is 42.5 Å². The van der Waals surface area contributed by atoms with Crippen molar-refractivity contribution in [2.24, 2.45) is 0 Å². The van der Waals surface area contributed by atoms with Crippen molar-refractivity contribution in [1.29, 1.82) is 0 Å². The molecule has 27 heavy (non-hydrogen) atoms. The Labute approximate surface area is 156 Å². The van der Waals surface area contributed by atoms with Gasteiger partial charge in [-0.25, -0.2) is 0 Å². The first kappa shape index (κ1) is 16.9. The van der Waals surface area contributed by atoms with E-state index in [2.05, 4.69) is 0 Å². The van der Waals surface area contributed by atoms with Crippen molar-refractivity contribution in [2.45, 2.75) is 6.61 Å². The number of para-hydroxylation sites is 1. The first-order valence-electron chi connectivity index (χ1n) is 8.62. The number of ether oxygens (including phenoxy) is 2. The molecule has 1 heterocycles. The predicted molar refractivity (Wildman–Crippen MR) is 105 cm³/mol. The minimum absolute atomic E-state index is 0.0746. The molecule has 1 aromatic heterocycles. The van der Waals surface area contributed by atoms with E-state index >= 15 is 0 Å². The average Bonchev–Trinajstić information content (AvgIpc) is 2.73. The Bertz CT molecular complexity index is 1130. The largest absolute Gasteiger partial charge is 0.493 e. The maximum atomic E-state index is 12.4. The summed E-state index contributed by atoms with van der Waals surface area (Å²) in [4.78, 5) is 12.4. The van der Waals surface area contributed by atoms with Crippen LogP contribution in [0.1, 0.15) is 5.56 Å². The fourth-order valence-corrected chi connectivity index (χ4v) is 2.92. The van der Waals surface area contributed by atoms with Crippen LogP contribution in [-0.4, -0.2) is 7.11 Å². The van der Waals surface area contributed by atoms with Crippen molar-refractivity contribution in [3.8, 4) is 22.8 Å². The Kier molecular flexibility index (Phi) is 4.62. The highest BCUT2D eigenvalue weighted by Gasteiger charge is 2.11. The second kappa shape index (κ2) is 7.38. The summed E-state index contributed by atoms with van der Waals surface area (Å²) < 4.78 is 17.3. The third kappa shape index (κ3) is 3.55. The molecule has 0 saturated heterocycles. The van der Waals surface area contributed by atoms with Crippen LogP contribution in [0.2, 0.25) is 0 Å². The molecule has 0 aliphatic carbocycles. The quantitative estimate of drug-likeness (QED) is 0.501. The van der Waals surface area contributed by atoms with Crippen molar-refractivity contribution < 1.29 is 13.9 Å². The van der Waals surface area contributed by atoms with Crippen LogP contribution in [0.25, 0.3) is 22.3 Å². The maximum Gasteiger partial charge on any atom is 0.193 e. The SMILES string of the molecule is COc1ccc(-c2cc(=O)c3ccccc3o2)cc1OCc1ccccc1. The third-order valence-electron chi connectivity index (χ3n) is 4.32. The van der Waals surface area contributed by atoms with Gasteiger partial charge in [0, 0.05) is 11.6 Å². The van der Waals surface area contributed by atoms with E-state index < -0.39 is 0 Å². The molecule has 0 spiro atoms. The number of methoxy groups -OCH3 is 1. The molecular weight excluding hydrogens is 340 g/mol. The second-order valence-electron chi connectivity index (χ2n) is 6.11. The van der Waals surface area contributed by atoms with Gasteiger partial charge < -0.3 is 13.9 Å². The average molecular weight is 358 g/mol. The molecule has 0 fully saturated rings. The predicted octanol–water partition coefficient (Wildman–Crippen LogP) is 5.05. The number of hydrogen-bond acceptors (Lipinski definition) is 4. The molecule has 0 radical (unpaired) electrons. The summed E-state index contributed by atoms with van der Waals surface area (Å²) in [5.41, 5.74) is 2.29. The summed E-state index contributed by atoms with van der Waals surface area (Å²) in [6.07, 6.45) is 0. The van der Waals surface area contributed by atoms with E-state index in [4.69, 9.17) is 13.9 Å².